The summed E-state index contributed by atoms with van der Waals surface area (Å²) in [5, 5.41) is 0. The Morgan fingerprint density at radius 3 is 3.04 bits per heavy atom. The summed E-state index contributed by atoms with van der Waals surface area (Å²) in [6.07, 6.45) is 6.37. The summed E-state index contributed by atoms with van der Waals surface area (Å²) in [6, 6.07) is 10.7. The third kappa shape index (κ3) is 4.29. The van der Waals surface area contributed by atoms with Gasteiger partial charge in [0.05, 0.1) is 31.6 Å². The number of hydrogen-bond acceptors (Lipinski definition) is 5. The van der Waals surface area contributed by atoms with Crippen molar-refractivity contribution in [3.05, 3.63) is 59.7 Å². The largest absolute Gasteiger partial charge is 0.375 e. The number of ether oxygens (including phenoxy) is 2. The molecule has 1 aliphatic carbocycles. The minimum absolute atomic E-state index is 0.339. The van der Waals surface area contributed by atoms with Crippen molar-refractivity contribution in [2.45, 2.75) is 45.1 Å². The van der Waals surface area contributed by atoms with Gasteiger partial charge in [-0.15, -0.1) is 0 Å². The Hall–Kier alpha value is -1.82. The third-order valence-corrected chi connectivity index (χ3v) is 5.41. The van der Waals surface area contributed by atoms with E-state index in [0.717, 1.165) is 50.5 Å². The van der Waals surface area contributed by atoms with Gasteiger partial charge in [0.1, 0.15) is 0 Å². The number of pyridine rings is 2. The molecule has 2 aliphatic rings. The van der Waals surface area contributed by atoms with E-state index in [1.165, 1.54) is 5.56 Å². The van der Waals surface area contributed by atoms with Crippen LogP contribution in [0.3, 0.4) is 0 Å². The molecule has 1 saturated carbocycles. The first-order valence-electron chi connectivity index (χ1n) is 9.53. The lowest BCUT2D eigenvalue weighted by Gasteiger charge is -2.37. The van der Waals surface area contributed by atoms with Gasteiger partial charge < -0.3 is 9.47 Å². The highest BCUT2D eigenvalue weighted by molar-refractivity contribution is 5.10. The fraction of sp³-hybridized carbons (Fsp3) is 0.524. The van der Waals surface area contributed by atoms with E-state index in [1.807, 2.05) is 43.6 Å². The van der Waals surface area contributed by atoms with E-state index < -0.39 is 0 Å². The summed E-state index contributed by atoms with van der Waals surface area (Å²) >= 11 is 0. The van der Waals surface area contributed by atoms with E-state index in [-0.39, 0.29) is 0 Å². The zero-order valence-electron chi connectivity index (χ0n) is 15.4. The van der Waals surface area contributed by atoms with Crippen LogP contribution in [-0.4, -0.2) is 46.8 Å². The van der Waals surface area contributed by atoms with Crippen molar-refractivity contribution in [1.82, 2.24) is 14.9 Å². The SMILES string of the molecule is Cc1cccc(COC[C@H]2C[C@@H]3[C@@H](C2)OCCN3Cc2cccnc2)n1. The van der Waals surface area contributed by atoms with Crippen molar-refractivity contribution in [1.29, 1.82) is 0 Å². The van der Waals surface area contributed by atoms with E-state index in [2.05, 4.69) is 20.9 Å². The van der Waals surface area contributed by atoms with Gasteiger partial charge in [0, 0.05) is 37.2 Å². The molecule has 5 nitrogen and oxygen atoms in total. The topological polar surface area (TPSA) is 47.5 Å². The average Bonchev–Trinajstić information content (AvgIpc) is 3.07. The van der Waals surface area contributed by atoms with E-state index >= 15 is 0 Å². The third-order valence-electron chi connectivity index (χ3n) is 5.41. The molecule has 0 unspecified atom stereocenters. The number of hydrogen-bond donors (Lipinski definition) is 0. The second kappa shape index (κ2) is 8.25. The fourth-order valence-corrected chi connectivity index (χ4v) is 4.19. The van der Waals surface area contributed by atoms with E-state index in [4.69, 9.17) is 9.47 Å². The molecule has 138 valence electrons. The summed E-state index contributed by atoms with van der Waals surface area (Å²) < 4.78 is 12.0. The Labute approximate surface area is 155 Å². The quantitative estimate of drug-likeness (QED) is 0.799. The van der Waals surface area contributed by atoms with Crippen LogP contribution in [0.5, 0.6) is 0 Å². The number of aromatic nitrogens is 2. The Kier molecular flexibility index (Phi) is 5.58. The lowest BCUT2D eigenvalue weighted by atomic mass is 10.1. The molecule has 0 N–H and O–H groups in total. The molecule has 5 heteroatoms. The highest BCUT2D eigenvalue weighted by Gasteiger charge is 2.40. The standard InChI is InChI=1S/C21H27N3O2/c1-16-4-2-6-19(23-16)15-25-14-18-10-20-21(11-18)26-9-8-24(20)13-17-5-3-7-22-12-17/h2-7,12,18,20-21H,8-11,13-15H2,1H3/t18-,20+,21+/m0/s1. The summed E-state index contributed by atoms with van der Waals surface area (Å²) in [6.45, 7) is 6.16. The smallest absolute Gasteiger partial charge is 0.0888 e. The molecule has 2 aromatic rings. The lowest BCUT2D eigenvalue weighted by Crippen LogP contribution is -2.47. The summed E-state index contributed by atoms with van der Waals surface area (Å²) in [5.74, 6) is 0.560. The Morgan fingerprint density at radius 2 is 2.19 bits per heavy atom. The van der Waals surface area contributed by atoms with Gasteiger partial charge in [-0.05, 0) is 49.4 Å². The van der Waals surface area contributed by atoms with Gasteiger partial charge in [0.15, 0.2) is 0 Å². The van der Waals surface area contributed by atoms with Crippen molar-refractivity contribution in [3.63, 3.8) is 0 Å². The molecule has 0 spiro atoms. The molecule has 4 rings (SSSR count). The van der Waals surface area contributed by atoms with Crippen molar-refractivity contribution in [2.24, 2.45) is 5.92 Å². The van der Waals surface area contributed by atoms with Crippen molar-refractivity contribution in [2.75, 3.05) is 19.8 Å². The zero-order chi connectivity index (χ0) is 17.8. The van der Waals surface area contributed by atoms with Crippen LogP contribution in [0.25, 0.3) is 0 Å². The first kappa shape index (κ1) is 17.6. The molecule has 3 heterocycles. The first-order valence-corrected chi connectivity index (χ1v) is 9.53. The number of morpholine rings is 1. The Morgan fingerprint density at radius 1 is 1.23 bits per heavy atom. The normalized spacial score (nSPS) is 26.0. The summed E-state index contributed by atoms with van der Waals surface area (Å²) in [5.41, 5.74) is 3.32. The minimum Gasteiger partial charge on any atom is -0.375 e. The predicted octanol–water partition coefficient (Wildman–Crippen LogP) is 2.98. The molecular weight excluding hydrogens is 326 g/mol. The van der Waals surface area contributed by atoms with Crippen molar-refractivity contribution < 1.29 is 9.47 Å². The van der Waals surface area contributed by atoms with Gasteiger partial charge >= 0.3 is 0 Å². The average molecular weight is 353 g/mol. The lowest BCUT2D eigenvalue weighted by molar-refractivity contribution is -0.0591. The van der Waals surface area contributed by atoms with Gasteiger partial charge in [0.25, 0.3) is 0 Å². The van der Waals surface area contributed by atoms with Crippen LogP contribution in [0.4, 0.5) is 0 Å². The van der Waals surface area contributed by atoms with E-state index in [9.17, 15) is 0 Å². The van der Waals surface area contributed by atoms with Crippen LogP contribution >= 0.6 is 0 Å². The van der Waals surface area contributed by atoms with Gasteiger partial charge in [-0.3, -0.25) is 14.9 Å². The predicted molar refractivity (Wildman–Crippen MR) is 99.5 cm³/mol. The molecule has 0 radical (unpaired) electrons. The molecule has 26 heavy (non-hydrogen) atoms. The molecule has 2 aromatic heterocycles. The zero-order valence-corrected chi connectivity index (χ0v) is 15.4. The Balaban J connectivity index is 1.29. The second-order valence-electron chi connectivity index (χ2n) is 7.43. The van der Waals surface area contributed by atoms with E-state index in [0.29, 0.717) is 24.7 Å². The second-order valence-corrected chi connectivity index (χ2v) is 7.43. The minimum atomic E-state index is 0.339. The maximum absolute atomic E-state index is 6.06. The van der Waals surface area contributed by atoms with Crippen LogP contribution < -0.4 is 0 Å². The van der Waals surface area contributed by atoms with Crippen LogP contribution in [0.15, 0.2) is 42.7 Å². The van der Waals surface area contributed by atoms with Gasteiger partial charge in [-0.1, -0.05) is 12.1 Å². The number of aryl methyl sites for hydroxylation is 1. The summed E-state index contributed by atoms with van der Waals surface area (Å²) in [7, 11) is 0. The maximum Gasteiger partial charge on any atom is 0.0888 e. The molecule has 0 bridgehead atoms. The molecule has 2 fully saturated rings. The summed E-state index contributed by atoms with van der Waals surface area (Å²) in [4.78, 5) is 11.3. The molecule has 0 amide bonds. The van der Waals surface area contributed by atoms with Gasteiger partial charge in [-0.2, -0.15) is 0 Å². The monoisotopic (exact) mass is 353 g/mol. The van der Waals surface area contributed by atoms with Crippen LogP contribution in [0, 0.1) is 12.8 Å². The van der Waals surface area contributed by atoms with Crippen LogP contribution in [-0.2, 0) is 22.6 Å². The number of fused-ring (bicyclic) bond motifs is 1. The van der Waals surface area contributed by atoms with E-state index in [1.54, 1.807) is 0 Å². The highest BCUT2D eigenvalue weighted by Crippen LogP contribution is 2.35. The molecule has 1 aliphatic heterocycles. The highest BCUT2D eigenvalue weighted by atomic mass is 16.5. The van der Waals surface area contributed by atoms with Crippen molar-refractivity contribution >= 4 is 0 Å². The van der Waals surface area contributed by atoms with Crippen molar-refractivity contribution in [3.8, 4) is 0 Å². The molecule has 0 aromatic carbocycles. The molecular formula is C21H27N3O2. The van der Waals surface area contributed by atoms with Gasteiger partial charge in [0.2, 0.25) is 0 Å². The number of rotatable bonds is 6. The molecule has 3 atom stereocenters. The van der Waals surface area contributed by atoms with Crippen LogP contribution in [0.2, 0.25) is 0 Å². The van der Waals surface area contributed by atoms with Crippen LogP contribution in [0.1, 0.15) is 29.8 Å². The molecule has 1 saturated heterocycles. The fourth-order valence-electron chi connectivity index (χ4n) is 4.19. The Bertz CT molecular complexity index is 709. The van der Waals surface area contributed by atoms with Gasteiger partial charge in [-0.25, -0.2) is 0 Å². The first-order chi connectivity index (χ1) is 12.8. The maximum atomic E-state index is 6.06. The number of nitrogens with zero attached hydrogens (tertiary/aromatic N) is 3.